The molecule has 0 radical (unpaired) electrons. The standard InChI is InChI=1S/C17H20IN5/c1-17(2,3)12-6-4-5-11(7-12)9-21-14-8-13(19)16(22-10-18)23-15(14)20/h4-10H,19H2,1-3H3,(H2,20,23). The minimum Gasteiger partial charge on any atom is -0.396 e. The van der Waals surface area contributed by atoms with Gasteiger partial charge in [-0.3, -0.25) is 4.99 Å². The SMILES string of the molecule is CC(C)(C)c1cccc(C=Nc2cc(N)c(N=CI)nc2N)c1. The van der Waals surface area contributed by atoms with E-state index < -0.39 is 0 Å². The highest BCUT2D eigenvalue weighted by Crippen LogP contribution is 2.29. The minimum absolute atomic E-state index is 0.0912. The van der Waals surface area contributed by atoms with Gasteiger partial charge in [0.1, 0.15) is 5.69 Å². The maximum Gasteiger partial charge on any atom is 0.178 e. The van der Waals surface area contributed by atoms with E-state index in [-0.39, 0.29) is 5.41 Å². The average Bonchev–Trinajstić information content (AvgIpc) is 2.49. The Morgan fingerprint density at radius 2 is 1.87 bits per heavy atom. The number of aromatic nitrogens is 1. The number of hydrogen-bond acceptors (Lipinski definition) is 5. The van der Waals surface area contributed by atoms with Gasteiger partial charge in [-0.1, -0.05) is 39.0 Å². The zero-order valence-electron chi connectivity index (χ0n) is 13.4. The van der Waals surface area contributed by atoms with Crippen LogP contribution in [0.2, 0.25) is 0 Å². The summed E-state index contributed by atoms with van der Waals surface area (Å²) < 4.78 is 1.59. The third-order valence-electron chi connectivity index (χ3n) is 3.32. The van der Waals surface area contributed by atoms with Crippen LogP contribution in [0.4, 0.5) is 23.0 Å². The molecule has 0 fully saturated rings. The van der Waals surface area contributed by atoms with Gasteiger partial charge < -0.3 is 11.5 Å². The van der Waals surface area contributed by atoms with Crippen LogP contribution in [-0.4, -0.2) is 15.4 Å². The number of anilines is 2. The van der Waals surface area contributed by atoms with Gasteiger partial charge in [0.25, 0.3) is 0 Å². The van der Waals surface area contributed by atoms with Crippen LogP contribution in [0.1, 0.15) is 31.9 Å². The third-order valence-corrected chi connectivity index (χ3v) is 3.59. The van der Waals surface area contributed by atoms with Crippen LogP contribution < -0.4 is 11.5 Å². The molecule has 2 rings (SSSR count). The van der Waals surface area contributed by atoms with Crippen molar-refractivity contribution in [1.29, 1.82) is 0 Å². The third kappa shape index (κ3) is 4.51. The number of benzene rings is 1. The fourth-order valence-corrected chi connectivity index (χ4v) is 2.27. The lowest BCUT2D eigenvalue weighted by atomic mass is 9.86. The summed E-state index contributed by atoms with van der Waals surface area (Å²) in [6.45, 7) is 6.54. The van der Waals surface area contributed by atoms with E-state index in [9.17, 15) is 0 Å². The van der Waals surface area contributed by atoms with Gasteiger partial charge in [0.15, 0.2) is 11.6 Å². The first-order chi connectivity index (χ1) is 10.8. The molecule has 0 saturated heterocycles. The van der Waals surface area contributed by atoms with E-state index in [0.717, 1.165) is 5.56 Å². The molecule has 0 spiro atoms. The van der Waals surface area contributed by atoms with Crippen LogP contribution in [0.15, 0.2) is 40.3 Å². The number of nitrogens with zero attached hydrogens (tertiary/aromatic N) is 3. The van der Waals surface area contributed by atoms with Crippen molar-refractivity contribution in [2.75, 3.05) is 11.5 Å². The summed E-state index contributed by atoms with van der Waals surface area (Å²) in [4.78, 5) is 12.6. The van der Waals surface area contributed by atoms with Crippen LogP contribution in [0.5, 0.6) is 0 Å². The molecule has 4 N–H and O–H groups in total. The van der Waals surface area contributed by atoms with Gasteiger partial charge in [0, 0.05) is 6.21 Å². The Hall–Kier alpha value is -1.96. The maximum absolute atomic E-state index is 5.93. The number of rotatable bonds is 3. The molecular weight excluding hydrogens is 401 g/mol. The van der Waals surface area contributed by atoms with E-state index >= 15 is 0 Å². The molecule has 1 aromatic carbocycles. The van der Waals surface area contributed by atoms with E-state index in [1.807, 2.05) is 34.7 Å². The molecule has 0 bridgehead atoms. The second kappa shape index (κ2) is 7.08. The van der Waals surface area contributed by atoms with Gasteiger partial charge in [-0.25, -0.2) is 9.98 Å². The van der Waals surface area contributed by atoms with E-state index in [0.29, 0.717) is 23.0 Å². The van der Waals surface area contributed by atoms with E-state index in [1.54, 1.807) is 16.5 Å². The van der Waals surface area contributed by atoms with Crippen molar-refractivity contribution in [3.8, 4) is 0 Å². The quantitative estimate of drug-likeness (QED) is 0.569. The Balaban J connectivity index is 2.32. The number of nitrogens with two attached hydrogens (primary N) is 2. The van der Waals surface area contributed by atoms with Gasteiger partial charge in [-0.15, -0.1) is 0 Å². The predicted molar refractivity (Wildman–Crippen MR) is 108 cm³/mol. The summed E-state index contributed by atoms with van der Waals surface area (Å²) in [6.07, 6.45) is 1.77. The Morgan fingerprint density at radius 1 is 1.13 bits per heavy atom. The fourth-order valence-electron chi connectivity index (χ4n) is 2.00. The molecule has 6 heteroatoms. The first kappa shape index (κ1) is 17.4. The average molecular weight is 421 g/mol. The van der Waals surface area contributed by atoms with Crippen molar-refractivity contribution in [2.24, 2.45) is 9.98 Å². The van der Waals surface area contributed by atoms with Gasteiger partial charge in [0.05, 0.1) is 9.91 Å². The van der Waals surface area contributed by atoms with Crippen LogP contribution in [0, 0.1) is 0 Å². The van der Waals surface area contributed by atoms with Crippen molar-refractivity contribution in [1.82, 2.24) is 4.98 Å². The fraction of sp³-hybridized carbons (Fsp3) is 0.235. The molecule has 0 atom stereocenters. The molecule has 1 aromatic heterocycles. The normalized spacial score (nSPS) is 12.3. The lowest BCUT2D eigenvalue weighted by molar-refractivity contribution is 0.590. The molecular formula is C17H20IN5. The summed E-state index contributed by atoms with van der Waals surface area (Å²) in [7, 11) is 0. The Morgan fingerprint density at radius 3 is 2.52 bits per heavy atom. The Kier molecular flexibility index (Phi) is 5.35. The molecule has 5 nitrogen and oxygen atoms in total. The molecule has 0 aliphatic heterocycles. The predicted octanol–water partition coefficient (Wildman–Crippen LogP) is 4.39. The molecule has 23 heavy (non-hydrogen) atoms. The molecule has 1 heterocycles. The molecule has 2 aromatic rings. The summed E-state index contributed by atoms with van der Waals surface area (Å²) in [6, 6.07) is 9.94. The second-order valence-corrected chi connectivity index (χ2v) is 6.72. The topological polar surface area (TPSA) is 89.6 Å². The highest BCUT2D eigenvalue weighted by Gasteiger charge is 2.13. The number of hydrogen-bond donors (Lipinski definition) is 2. The number of nitrogen functional groups attached to an aromatic ring is 2. The first-order valence-electron chi connectivity index (χ1n) is 7.14. The Bertz CT molecular complexity index is 760. The van der Waals surface area contributed by atoms with Crippen molar-refractivity contribution >= 4 is 56.0 Å². The minimum atomic E-state index is 0.0912. The van der Waals surface area contributed by atoms with Crippen molar-refractivity contribution < 1.29 is 0 Å². The van der Waals surface area contributed by atoms with E-state index in [1.165, 1.54) is 5.56 Å². The smallest absolute Gasteiger partial charge is 0.178 e. The summed E-state index contributed by atoms with van der Waals surface area (Å²) in [5, 5.41) is 0. The summed E-state index contributed by atoms with van der Waals surface area (Å²) in [5.74, 6) is 0.713. The largest absolute Gasteiger partial charge is 0.396 e. The lowest BCUT2D eigenvalue weighted by Crippen LogP contribution is -2.11. The van der Waals surface area contributed by atoms with Gasteiger partial charge in [-0.2, -0.15) is 0 Å². The van der Waals surface area contributed by atoms with Crippen molar-refractivity contribution in [2.45, 2.75) is 26.2 Å². The number of aliphatic imine (C=N–C) groups is 2. The van der Waals surface area contributed by atoms with Gasteiger partial charge in [-0.05, 0) is 51.3 Å². The van der Waals surface area contributed by atoms with Crippen LogP contribution in [0.3, 0.4) is 0 Å². The molecule has 0 aliphatic carbocycles. The van der Waals surface area contributed by atoms with Gasteiger partial charge in [0.2, 0.25) is 0 Å². The molecule has 0 unspecified atom stereocenters. The highest BCUT2D eigenvalue weighted by atomic mass is 127. The van der Waals surface area contributed by atoms with Crippen LogP contribution >= 0.6 is 22.6 Å². The van der Waals surface area contributed by atoms with Crippen LogP contribution in [0.25, 0.3) is 0 Å². The number of pyridine rings is 1. The highest BCUT2D eigenvalue weighted by molar-refractivity contribution is 14.1. The zero-order chi connectivity index (χ0) is 17.0. The van der Waals surface area contributed by atoms with Crippen molar-refractivity contribution in [3.05, 3.63) is 41.5 Å². The summed E-state index contributed by atoms with van der Waals surface area (Å²) >= 11 is 2.00. The monoisotopic (exact) mass is 421 g/mol. The molecule has 120 valence electrons. The molecule has 0 aliphatic rings. The lowest BCUT2D eigenvalue weighted by Gasteiger charge is -2.19. The van der Waals surface area contributed by atoms with Gasteiger partial charge >= 0.3 is 0 Å². The number of halogens is 1. The van der Waals surface area contributed by atoms with E-state index in [4.69, 9.17) is 11.5 Å². The second-order valence-electron chi connectivity index (χ2n) is 6.17. The van der Waals surface area contributed by atoms with Crippen molar-refractivity contribution in [3.63, 3.8) is 0 Å². The zero-order valence-corrected chi connectivity index (χ0v) is 15.6. The summed E-state index contributed by atoms with van der Waals surface area (Å²) in [5.41, 5.74) is 15.2. The van der Waals surface area contributed by atoms with E-state index in [2.05, 4.69) is 47.9 Å². The molecule has 0 saturated carbocycles. The maximum atomic E-state index is 5.93. The van der Waals surface area contributed by atoms with Crippen LogP contribution in [-0.2, 0) is 5.41 Å². The molecule has 0 amide bonds. The first-order valence-corrected chi connectivity index (χ1v) is 8.39. The Labute approximate surface area is 150 Å².